The Balaban J connectivity index is 1.02. The number of rotatable bonds is 9. The maximum absolute atomic E-state index is 14.5. The summed E-state index contributed by atoms with van der Waals surface area (Å²) in [4.78, 5) is 22.8. The Morgan fingerprint density at radius 1 is 1.19 bits per heavy atom. The van der Waals surface area contributed by atoms with Crippen molar-refractivity contribution in [3.8, 4) is 5.75 Å². The van der Waals surface area contributed by atoms with Gasteiger partial charge in [0.15, 0.2) is 0 Å². The number of benzene rings is 1. The summed E-state index contributed by atoms with van der Waals surface area (Å²) in [6, 6.07) is 4.15. The van der Waals surface area contributed by atoms with Gasteiger partial charge >= 0.3 is 6.18 Å². The van der Waals surface area contributed by atoms with Crippen molar-refractivity contribution in [2.45, 2.75) is 56.7 Å². The summed E-state index contributed by atoms with van der Waals surface area (Å²) in [6.45, 7) is 2.31. The number of piperidine rings is 1. The first-order chi connectivity index (χ1) is 17.6. The van der Waals surface area contributed by atoms with Crippen molar-refractivity contribution >= 4 is 23.5 Å². The zero-order chi connectivity index (χ0) is 26.2. The topological polar surface area (TPSA) is 67.3 Å². The molecule has 1 aromatic carbocycles. The average Bonchev–Trinajstić information content (AvgIpc) is 3.78. The molecule has 6 nitrogen and oxygen atoms in total. The van der Waals surface area contributed by atoms with Crippen LogP contribution < -0.4 is 15.0 Å². The molecule has 0 bridgehead atoms. The Bertz CT molecular complexity index is 1120. The van der Waals surface area contributed by atoms with E-state index < -0.39 is 29.9 Å². The van der Waals surface area contributed by atoms with Crippen LogP contribution in [0.15, 0.2) is 30.6 Å². The largest absolute Gasteiger partial charge is 0.493 e. The first-order valence-electron chi connectivity index (χ1n) is 12.6. The molecule has 1 N–H and O–H groups in total. The van der Waals surface area contributed by atoms with Gasteiger partial charge in [-0.1, -0.05) is 17.7 Å². The van der Waals surface area contributed by atoms with Gasteiger partial charge in [-0.05, 0) is 67.9 Å². The van der Waals surface area contributed by atoms with Crippen molar-refractivity contribution in [2.75, 3.05) is 24.6 Å². The summed E-state index contributed by atoms with van der Waals surface area (Å²) in [7, 11) is 0. The van der Waals surface area contributed by atoms with Gasteiger partial charge in [-0.3, -0.25) is 4.79 Å². The van der Waals surface area contributed by atoms with E-state index in [1.165, 1.54) is 18.6 Å². The van der Waals surface area contributed by atoms with E-state index in [1.807, 2.05) is 5.32 Å². The molecule has 0 spiro atoms. The van der Waals surface area contributed by atoms with Crippen molar-refractivity contribution in [3.05, 3.63) is 47.0 Å². The molecule has 11 heteroatoms. The number of anilines is 1. The maximum atomic E-state index is 14.5. The van der Waals surface area contributed by atoms with Crippen LogP contribution in [0.2, 0.25) is 5.02 Å². The number of nitrogens with zero attached hydrogens (tertiary/aromatic N) is 3. The van der Waals surface area contributed by atoms with Crippen LogP contribution in [-0.4, -0.2) is 47.3 Å². The molecule has 0 radical (unpaired) electrons. The molecule has 1 saturated heterocycles. The minimum Gasteiger partial charge on any atom is -0.493 e. The van der Waals surface area contributed by atoms with Crippen molar-refractivity contribution < 1.29 is 27.1 Å². The third-order valence-corrected chi connectivity index (χ3v) is 8.01. The predicted molar refractivity (Wildman–Crippen MR) is 130 cm³/mol. The Kier molecular flexibility index (Phi) is 7.22. The Morgan fingerprint density at radius 2 is 1.89 bits per heavy atom. The molecule has 2 saturated carbocycles. The standard InChI is InChI=1S/C26H29ClF4N4O2/c27-19-14-32-24(33-15-19)35-8-3-16(4-9-35)21-11-17(21)5-10-37-20-2-1-18(22(28)13-20)12-23(36)34-25(6-7-25)26(29,30)31/h1-2,13-17,21H,3-12H2,(H,34,36)/t17-,21?/m1/s1. The molecule has 2 aliphatic carbocycles. The van der Waals surface area contributed by atoms with Crippen molar-refractivity contribution in [2.24, 2.45) is 17.8 Å². The van der Waals surface area contributed by atoms with Crippen LogP contribution in [0.25, 0.3) is 0 Å². The van der Waals surface area contributed by atoms with Crippen LogP contribution in [0, 0.1) is 23.6 Å². The molecule has 5 rings (SSSR count). The average molecular weight is 541 g/mol. The molecule has 37 heavy (non-hydrogen) atoms. The molecular formula is C26H29ClF4N4O2. The number of nitrogens with one attached hydrogen (secondary N) is 1. The number of carbonyl (C=O) groups excluding carboxylic acids is 1. The summed E-state index contributed by atoms with van der Waals surface area (Å²) in [5, 5.41) is 2.55. The monoisotopic (exact) mass is 540 g/mol. The van der Waals surface area contributed by atoms with Crippen molar-refractivity contribution in [3.63, 3.8) is 0 Å². The molecular weight excluding hydrogens is 512 g/mol. The highest BCUT2D eigenvalue weighted by atomic mass is 35.5. The summed E-state index contributed by atoms with van der Waals surface area (Å²) >= 11 is 5.87. The van der Waals surface area contributed by atoms with Crippen molar-refractivity contribution in [1.82, 2.24) is 15.3 Å². The normalized spacial score (nSPS) is 23.0. The molecule has 200 valence electrons. The summed E-state index contributed by atoms with van der Waals surface area (Å²) < 4.78 is 59.2. The number of aromatic nitrogens is 2. The summed E-state index contributed by atoms with van der Waals surface area (Å²) in [6.07, 6.45) is 2.25. The third kappa shape index (κ3) is 6.10. The second kappa shape index (κ2) is 10.3. The Hall–Kier alpha value is -2.62. The summed E-state index contributed by atoms with van der Waals surface area (Å²) in [5.74, 6) is 1.52. The lowest BCUT2D eigenvalue weighted by atomic mass is 9.90. The molecule has 1 aromatic heterocycles. The highest BCUT2D eigenvalue weighted by Gasteiger charge is 2.64. The lowest BCUT2D eigenvalue weighted by Gasteiger charge is -2.32. The molecule has 3 aliphatic rings. The van der Waals surface area contributed by atoms with Crippen molar-refractivity contribution in [1.29, 1.82) is 0 Å². The van der Waals surface area contributed by atoms with Crippen LogP contribution in [0.5, 0.6) is 5.75 Å². The third-order valence-electron chi connectivity index (χ3n) is 7.82. The number of ether oxygens (including phenoxy) is 1. The molecule has 2 heterocycles. The van der Waals surface area contributed by atoms with Gasteiger partial charge < -0.3 is 15.0 Å². The number of carbonyl (C=O) groups is 1. The van der Waals surface area contributed by atoms with Gasteiger partial charge in [0.05, 0.1) is 30.4 Å². The first-order valence-corrected chi connectivity index (χ1v) is 13.0. The smallest absolute Gasteiger partial charge is 0.411 e. The molecule has 3 fully saturated rings. The van der Waals surface area contributed by atoms with Crippen LogP contribution in [-0.2, 0) is 11.2 Å². The molecule has 1 unspecified atom stereocenters. The van der Waals surface area contributed by atoms with E-state index in [0.717, 1.165) is 38.3 Å². The van der Waals surface area contributed by atoms with E-state index in [1.54, 1.807) is 18.5 Å². The fourth-order valence-electron chi connectivity index (χ4n) is 5.35. The van der Waals surface area contributed by atoms with Gasteiger partial charge in [-0.2, -0.15) is 13.2 Å². The zero-order valence-electron chi connectivity index (χ0n) is 20.2. The number of alkyl halides is 3. The van der Waals surface area contributed by atoms with E-state index in [2.05, 4.69) is 14.9 Å². The van der Waals surface area contributed by atoms with E-state index in [0.29, 0.717) is 35.1 Å². The lowest BCUT2D eigenvalue weighted by molar-refractivity contribution is -0.170. The fraction of sp³-hybridized carbons (Fsp3) is 0.577. The van der Waals surface area contributed by atoms with Gasteiger partial charge in [-0.15, -0.1) is 0 Å². The highest BCUT2D eigenvalue weighted by molar-refractivity contribution is 6.30. The minimum absolute atomic E-state index is 0.0421. The van der Waals surface area contributed by atoms with Gasteiger partial charge in [0.25, 0.3) is 0 Å². The van der Waals surface area contributed by atoms with E-state index >= 15 is 0 Å². The van der Waals surface area contributed by atoms with Crippen LogP contribution in [0.4, 0.5) is 23.5 Å². The number of amides is 1. The van der Waals surface area contributed by atoms with Gasteiger partial charge in [0.2, 0.25) is 11.9 Å². The van der Waals surface area contributed by atoms with Gasteiger partial charge in [0, 0.05) is 19.2 Å². The van der Waals surface area contributed by atoms with E-state index in [9.17, 15) is 22.4 Å². The number of hydrogen-bond donors (Lipinski definition) is 1. The maximum Gasteiger partial charge on any atom is 0.411 e. The molecule has 1 aliphatic heterocycles. The SMILES string of the molecule is O=C(Cc1ccc(OCC[C@@H]2CC2C2CCN(c3ncc(Cl)cn3)CC2)cc1F)NC1(C(F)(F)F)CC1. The number of hydrogen-bond acceptors (Lipinski definition) is 5. The van der Waals surface area contributed by atoms with Crippen LogP contribution >= 0.6 is 11.6 Å². The van der Waals surface area contributed by atoms with Gasteiger partial charge in [0.1, 0.15) is 17.1 Å². The fourth-order valence-corrected chi connectivity index (χ4v) is 5.45. The summed E-state index contributed by atoms with van der Waals surface area (Å²) in [5.41, 5.74) is -2.10. The second-order valence-corrected chi connectivity index (χ2v) is 10.8. The van der Waals surface area contributed by atoms with E-state index in [4.69, 9.17) is 16.3 Å². The molecule has 2 aromatic rings. The minimum atomic E-state index is -4.50. The highest BCUT2D eigenvalue weighted by Crippen LogP contribution is 2.50. The number of halogens is 5. The first kappa shape index (κ1) is 26.0. The quantitative estimate of drug-likeness (QED) is 0.435. The van der Waals surface area contributed by atoms with Crippen LogP contribution in [0.1, 0.15) is 44.1 Å². The Labute approximate surface area is 217 Å². The van der Waals surface area contributed by atoms with Crippen LogP contribution in [0.3, 0.4) is 0 Å². The second-order valence-electron chi connectivity index (χ2n) is 10.4. The van der Waals surface area contributed by atoms with Gasteiger partial charge in [-0.25, -0.2) is 14.4 Å². The predicted octanol–water partition coefficient (Wildman–Crippen LogP) is 5.34. The molecule has 2 atom stereocenters. The Morgan fingerprint density at radius 3 is 2.51 bits per heavy atom. The molecule has 1 amide bonds. The van der Waals surface area contributed by atoms with E-state index in [-0.39, 0.29) is 18.4 Å². The zero-order valence-corrected chi connectivity index (χ0v) is 21.0. The lowest BCUT2D eigenvalue weighted by Crippen LogP contribution is -2.48.